The maximum atomic E-state index is 9.50. The van der Waals surface area contributed by atoms with Crippen molar-refractivity contribution in [3.63, 3.8) is 0 Å². The van der Waals surface area contributed by atoms with E-state index in [0.717, 1.165) is 16.8 Å². The van der Waals surface area contributed by atoms with Gasteiger partial charge in [-0.1, -0.05) is 0 Å². The fourth-order valence-electron chi connectivity index (χ4n) is 2.21. The number of nitrogens with zero attached hydrogens (tertiary/aromatic N) is 1. The summed E-state index contributed by atoms with van der Waals surface area (Å²) >= 11 is 1.68. The fourth-order valence-corrected chi connectivity index (χ4v) is 3.00. The van der Waals surface area contributed by atoms with E-state index in [1.165, 1.54) is 4.70 Å². The Morgan fingerprint density at radius 1 is 1.45 bits per heavy atom. The molecule has 0 saturated carbocycles. The summed E-state index contributed by atoms with van der Waals surface area (Å²) in [4.78, 5) is 4.44. The lowest BCUT2D eigenvalue weighted by Gasteiger charge is -2.20. The van der Waals surface area contributed by atoms with E-state index < -0.39 is 0 Å². The number of pyridine rings is 1. The topological polar surface area (TPSA) is 58.3 Å². The van der Waals surface area contributed by atoms with E-state index in [-0.39, 0.29) is 18.7 Å². The van der Waals surface area contributed by atoms with E-state index in [0.29, 0.717) is 0 Å². The third-order valence-electron chi connectivity index (χ3n) is 3.34. The van der Waals surface area contributed by atoms with E-state index in [1.54, 1.807) is 17.6 Å². The molecule has 0 aliphatic rings. The predicted octanol–water partition coefficient (Wildman–Crippen LogP) is 3.27. The van der Waals surface area contributed by atoms with Crippen molar-refractivity contribution >= 4 is 21.6 Å². The molecular weight excluding hydrogens is 272 g/mol. The van der Waals surface area contributed by atoms with Crippen molar-refractivity contribution in [2.45, 2.75) is 19.0 Å². The number of hydrogen-bond acceptors (Lipinski definition) is 5. The molecule has 2 unspecified atom stereocenters. The molecule has 0 saturated heterocycles. The van der Waals surface area contributed by atoms with Gasteiger partial charge in [0.25, 0.3) is 0 Å². The molecule has 0 aliphatic carbocycles. The van der Waals surface area contributed by atoms with Crippen LogP contribution in [0.1, 0.15) is 30.3 Å². The van der Waals surface area contributed by atoms with Gasteiger partial charge in [-0.25, -0.2) is 0 Å². The van der Waals surface area contributed by atoms with E-state index in [1.807, 2.05) is 29.8 Å². The summed E-state index contributed by atoms with van der Waals surface area (Å²) in [6.45, 7) is 2.05. The SMILES string of the molecule is CC(NC(CO)c1ccco1)c1cnc2ccsc2c1. The number of aliphatic hydroxyl groups is 1. The molecule has 4 nitrogen and oxygen atoms in total. The number of hydrogen-bond donors (Lipinski definition) is 2. The minimum Gasteiger partial charge on any atom is -0.468 e. The van der Waals surface area contributed by atoms with Gasteiger partial charge in [-0.05, 0) is 42.1 Å². The molecule has 0 amide bonds. The molecule has 104 valence electrons. The Morgan fingerprint density at radius 2 is 2.35 bits per heavy atom. The van der Waals surface area contributed by atoms with Gasteiger partial charge in [0.15, 0.2) is 0 Å². The summed E-state index contributed by atoms with van der Waals surface area (Å²) in [6.07, 6.45) is 3.49. The smallest absolute Gasteiger partial charge is 0.123 e. The van der Waals surface area contributed by atoms with Crippen molar-refractivity contribution < 1.29 is 9.52 Å². The third-order valence-corrected chi connectivity index (χ3v) is 4.20. The average molecular weight is 288 g/mol. The monoisotopic (exact) mass is 288 g/mol. The van der Waals surface area contributed by atoms with Gasteiger partial charge in [-0.15, -0.1) is 11.3 Å². The molecule has 5 heteroatoms. The minimum atomic E-state index is -0.209. The summed E-state index contributed by atoms with van der Waals surface area (Å²) < 4.78 is 6.52. The van der Waals surface area contributed by atoms with Gasteiger partial charge in [0.2, 0.25) is 0 Å². The number of nitrogens with one attached hydrogen (secondary N) is 1. The largest absolute Gasteiger partial charge is 0.468 e. The highest BCUT2D eigenvalue weighted by atomic mass is 32.1. The van der Waals surface area contributed by atoms with E-state index in [4.69, 9.17) is 4.42 Å². The number of rotatable bonds is 5. The highest BCUT2D eigenvalue weighted by Crippen LogP contribution is 2.24. The second-order valence-electron chi connectivity index (χ2n) is 4.71. The van der Waals surface area contributed by atoms with Crippen LogP contribution in [0.5, 0.6) is 0 Å². The van der Waals surface area contributed by atoms with Crippen LogP contribution in [0.4, 0.5) is 0 Å². The maximum Gasteiger partial charge on any atom is 0.123 e. The number of aliphatic hydroxyl groups excluding tert-OH is 1. The first kappa shape index (κ1) is 13.3. The quantitative estimate of drug-likeness (QED) is 0.756. The third kappa shape index (κ3) is 2.60. The number of aromatic nitrogens is 1. The van der Waals surface area contributed by atoms with Crippen molar-refractivity contribution in [3.05, 3.63) is 53.4 Å². The Bertz CT molecular complexity index is 678. The van der Waals surface area contributed by atoms with Crippen LogP contribution in [-0.2, 0) is 0 Å². The first-order valence-corrected chi connectivity index (χ1v) is 7.39. The van der Waals surface area contributed by atoms with E-state index in [9.17, 15) is 5.11 Å². The van der Waals surface area contributed by atoms with Crippen LogP contribution < -0.4 is 5.32 Å². The molecule has 3 heterocycles. The van der Waals surface area contributed by atoms with Crippen molar-refractivity contribution in [3.8, 4) is 0 Å². The number of fused-ring (bicyclic) bond motifs is 1. The molecular formula is C15H16N2O2S. The van der Waals surface area contributed by atoms with Crippen LogP contribution in [0, 0.1) is 0 Å². The Morgan fingerprint density at radius 3 is 3.10 bits per heavy atom. The lowest BCUT2D eigenvalue weighted by atomic mass is 10.1. The maximum absolute atomic E-state index is 9.50. The molecule has 2 N–H and O–H groups in total. The minimum absolute atomic E-state index is 0.00741. The van der Waals surface area contributed by atoms with Crippen LogP contribution in [0.25, 0.3) is 10.2 Å². The Kier molecular flexibility index (Phi) is 3.82. The first-order valence-electron chi connectivity index (χ1n) is 6.51. The Hall–Kier alpha value is -1.69. The van der Waals surface area contributed by atoms with Crippen LogP contribution in [0.3, 0.4) is 0 Å². The average Bonchev–Trinajstić information content (AvgIpc) is 3.14. The normalized spacial score (nSPS) is 14.5. The van der Waals surface area contributed by atoms with E-state index >= 15 is 0 Å². The zero-order valence-corrected chi connectivity index (χ0v) is 11.9. The van der Waals surface area contributed by atoms with Crippen LogP contribution >= 0.6 is 11.3 Å². The zero-order chi connectivity index (χ0) is 13.9. The number of thiophene rings is 1. The molecule has 0 bridgehead atoms. The predicted molar refractivity (Wildman–Crippen MR) is 79.7 cm³/mol. The summed E-state index contributed by atoms with van der Waals surface area (Å²) in [5, 5.41) is 14.9. The lowest BCUT2D eigenvalue weighted by molar-refractivity contribution is 0.217. The van der Waals surface area contributed by atoms with Crippen molar-refractivity contribution in [2.24, 2.45) is 0 Å². The van der Waals surface area contributed by atoms with Gasteiger partial charge >= 0.3 is 0 Å². The van der Waals surface area contributed by atoms with Gasteiger partial charge < -0.3 is 9.52 Å². The van der Waals surface area contributed by atoms with Crippen molar-refractivity contribution in [1.82, 2.24) is 10.3 Å². The summed E-state index contributed by atoms with van der Waals surface area (Å²) in [5.74, 6) is 0.740. The molecule has 0 fully saturated rings. The van der Waals surface area contributed by atoms with Gasteiger partial charge in [0, 0.05) is 12.2 Å². The second-order valence-corrected chi connectivity index (χ2v) is 5.66. The second kappa shape index (κ2) is 5.75. The Labute approximate surface area is 121 Å². The molecule has 0 aliphatic heterocycles. The molecule has 0 spiro atoms. The lowest BCUT2D eigenvalue weighted by Crippen LogP contribution is -2.27. The summed E-state index contributed by atoms with van der Waals surface area (Å²) in [6, 6.07) is 7.71. The molecule has 2 atom stereocenters. The van der Waals surface area contributed by atoms with Crippen molar-refractivity contribution in [1.29, 1.82) is 0 Å². The number of furan rings is 1. The van der Waals surface area contributed by atoms with Crippen LogP contribution in [-0.4, -0.2) is 16.7 Å². The van der Waals surface area contributed by atoms with Gasteiger partial charge in [-0.2, -0.15) is 0 Å². The van der Waals surface area contributed by atoms with E-state index in [2.05, 4.69) is 23.3 Å². The molecule has 3 rings (SSSR count). The fraction of sp³-hybridized carbons (Fsp3) is 0.267. The zero-order valence-electron chi connectivity index (χ0n) is 11.1. The van der Waals surface area contributed by atoms with Crippen LogP contribution in [0.2, 0.25) is 0 Å². The highest BCUT2D eigenvalue weighted by molar-refractivity contribution is 7.17. The van der Waals surface area contributed by atoms with Gasteiger partial charge in [-0.3, -0.25) is 10.3 Å². The van der Waals surface area contributed by atoms with Crippen molar-refractivity contribution in [2.75, 3.05) is 6.61 Å². The van der Waals surface area contributed by atoms with Crippen LogP contribution in [0.15, 0.2) is 46.5 Å². The molecule has 0 radical (unpaired) electrons. The Balaban J connectivity index is 1.79. The standard InChI is InChI=1S/C15H16N2O2S/c1-10(17-13(9-18)14-3-2-5-19-14)11-7-15-12(16-8-11)4-6-20-15/h2-8,10,13,17-18H,9H2,1H3. The molecule has 20 heavy (non-hydrogen) atoms. The van der Waals surface area contributed by atoms with Gasteiger partial charge in [0.05, 0.1) is 29.1 Å². The summed E-state index contributed by atoms with van der Waals surface area (Å²) in [7, 11) is 0. The summed E-state index contributed by atoms with van der Waals surface area (Å²) in [5.41, 5.74) is 2.13. The molecule has 0 aromatic carbocycles. The first-order chi connectivity index (χ1) is 9.78. The van der Waals surface area contributed by atoms with Gasteiger partial charge in [0.1, 0.15) is 5.76 Å². The molecule has 3 aromatic heterocycles. The highest BCUT2D eigenvalue weighted by Gasteiger charge is 2.17. The molecule has 3 aromatic rings.